The average molecular weight is 911 g/mol. The van der Waals surface area contributed by atoms with Gasteiger partial charge in [-0.15, -0.1) is 16.9 Å². The Balaban J connectivity index is 1.17. The maximum atomic E-state index is 14.5. The van der Waals surface area contributed by atoms with Gasteiger partial charge in [0.15, 0.2) is 6.10 Å². The maximum Gasteiger partial charge on any atom is 0.356 e. The van der Waals surface area contributed by atoms with Crippen LogP contribution in [0.3, 0.4) is 0 Å². The molecule has 4 heterocycles. The number of anilines is 1. The Bertz CT molecular complexity index is 2470. The lowest BCUT2D eigenvalue weighted by Crippen LogP contribution is -2.71. The van der Waals surface area contributed by atoms with Crippen LogP contribution in [0.4, 0.5) is 10.5 Å². The minimum Gasteiger partial charge on any atom is -0.456 e. The van der Waals surface area contributed by atoms with Crippen molar-refractivity contribution in [2.24, 2.45) is 7.05 Å². The zero-order valence-electron chi connectivity index (χ0n) is 35.5. The molecule has 334 valence electrons. The fraction of sp³-hybridized carbons (Fsp3) is 0.349. The highest BCUT2D eigenvalue weighted by Gasteiger charge is 2.55. The first-order valence-electron chi connectivity index (χ1n) is 20.2. The molecule has 3 aromatic carbocycles. The minimum absolute atomic E-state index is 0.0139. The van der Waals surface area contributed by atoms with E-state index in [9.17, 15) is 33.6 Å². The molecule has 0 saturated carbocycles. The number of fused-ring (bicyclic) bond motifs is 1. The molecule has 4 aromatic rings. The van der Waals surface area contributed by atoms with Crippen molar-refractivity contribution in [1.82, 2.24) is 45.5 Å². The van der Waals surface area contributed by atoms with Crippen LogP contribution >= 0.6 is 23.5 Å². The van der Waals surface area contributed by atoms with E-state index in [0.717, 1.165) is 0 Å². The molecular formula is C43H46N10O9S2. The number of carbonyl (C=O) groups excluding carboxylic acids is 7. The molecule has 0 unspecified atom stereocenters. The molecule has 2 saturated heterocycles. The second-order valence-electron chi connectivity index (χ2n) is 15.9. The van der Waals surface area contributed by atoms with Crippen LogP contribution in [0.15, 0.2) is 95.3 Å². The third-order valence-electron chi connectivity index (χ3n) is 10.4. The van der Waals surface area contributed by atoms with Crippen molar-refractivity contribution in [2.75, 3.05) is 36.9 Å². The van der Waals surface area contributed by atoms with Gasteiger partial charge in [0.1, 0.15) is 28.8 Å². The largest absolute Gasteiger partial charge is 0.456 e. The second-order valence-corrected chi connectivity index (χ2v) is 17.9. The summed E-state index contributed by atoms with van der Waals surface area (Å²) < 4.78 is 13.2. The van der Waals surface area contributed by atoms with Gasteiger partial charge in [0.2, 0.25) is 11.1 Å². The van der Waals surface area contributed by atoms with E-state index in [0.29, 0.717) is 26.8 Å². The lowest BCUT2D eigenvalue weighted by atomic mass is 9.98. The SMILES string of the molecule is CCN1CCN(C(=O)N[C@@H](C(=O)N[C@@H]2C(=O)N3C(C(=O)OC(c4ccccc4)c4ccccc4)=C(CSc4nnnn4C)CS[C@H]23)c2ccc(C(=O)OC(C)(C)C)cc2N)C(=O)C1=O. The molecule has 3 aliphatic heterocycles. The number of β-lactam (4-membered cyclic amide) rings is 1. The van der Waals surface area contributed by atoms with Crippen LogP contribution in [0.5, 0.6) is 0 Å². The second kappa shape index (κ2) is 18.9. The first-order chi connectivity index (χ1) is 30.6. The summed E-state index contributed by atoms with van der Waals surface area (Å²) in [5.41, 5.74) is 7.62. The van der Waals surface area contributed by atoms with E-state index in [-0.39, 0.29) is 53.7 Å². The van der Waals surface area contributed by atoms with Crippen LogP contribution in [0, 0.1) is 0 Å². The number of rotatable bonds is 13. The monoisotopic (exact) mass is 910 g/mol. The van der Waals surface area contributed by atoms with Gasteiger partial charge in [0.05, 0.1) is 5.56 Å². The van der Waals surface area contributed by atoms with Crippen LogP contribution in [0.25, 0.3) is 0 Å². The van der Waals surface area contributed by atoms with Gasteiger partial charge in [-0.2, -0.15) is 0 Å². The standard InChI is InChI=1S/C43H46N10O9S2/c1-6-51-19-20-52(37(57)36(51)56)41(60)46-30(28-18-17-26(21-29(28)44)39(58)62-43(2,3)4)34(54)45-31-35(55)53-32(27(22-63-38(31)53)23-64-42-47-48-49-50(42)5)40(59)61-33(24-13-9-7-10-14-24)25-15-11-8-12-16-25/h7-18,21,30-31,33,38H,6,19-20,22-23,44H2,1-5H3,(H,45,54)(H,46,60)/t30-,31-,38-/m1/s1. The quantitative estimate of drug-likeness (QED) is 0.0575. The van der Waals surface area contributed by atoms with Crippen LogP contribution < -0.4 is 16.4 Å². The summed E-state index contributed by atoms with van der Waals surface area (Å²) in [6.07, 6.45) is -0.831. The molecule has 0 spiro atoms. The van der Waals surface area contributed by atoms with Crippen molar-refractivity contribution in [3.63, 3.8) is 0 Å². The number of aromatic nitrogens is 4. The van der Waals surface area contributed by atoms with Crippen molar-refractivity contribution in [2.45, 2.75) is 62.0 Å². The molecule has 4 N–H and O–H groups in total. The Morgan fingerprint density at radius 2 is 1.61 bits per heavy atom. The molecule has 0 aliphatic carbocycles. The van der Waals surface area contributed by atoms with Crippen molar-refractivity contribution < 1.29 is 43.0 Å². The lowest BCUT2D eigenvalue weighted by Gasteiger charge is -2.50. The minimum atomic E-state index is -1.63. The van der Waals surface area contributed by atoms with Crippen molar-refractivity contribution in [3.05, 3.63) is 112 Å². The molecule has 6 amide bonds. The van der Waals surface area contributed by atoms with Crippen LogP contribution in [-0.4, -0.2) is 125 Å². The smallest absolute Gasteiger partial charge is 0.356 e. The number of carbonyl (C=O) groups is 7. The van der Waals surface area contributed by atoms with Gasteiger partial charge < -0.3 is 30.7 Å². The van der Waals surface area contributed by atoms with Crippen LogP contribution in [0.2, 0.25) is 0 Å². The Hall–Kier alpha value is -6.74. The molecule has 1 aromatic heterocycles. The summed E-state index contributed by atoms with van der Waals surface area (Å²) in [5, 5.41) is 16.5. The molecule has 0 bridgehead atoms. The van der Waals surface area contributed by atoms with E-state index in [1.165, 1.54) is 56.2 Å². The molecule has 2 fully saturated rings. The van der Waals surface area contributed by atoms with Gasteiger partial charge in [-0.1, -0.05) is 78.5 Å². The molecule has 21 heteroatoms. The molecule has 64 heavy (non-hydrogen) atoms. The summed E-state index contributed by atoms with van der Waals surface area (Å²) >= 11 is 2.57. The van der Waals surface area contributed by atoms with Crippen LogP contribution in [0.1, 0.15) is 66.9 Å². The van der Waals surface area contributed by atoms with Crippen molar-refractivity contribution in [1.29, 1.82) is 0 Å². The predicted molar refractivity (Wildman–Crippen MR) is 234 cm³/mol. The van der Waals surface area contributed by atoms with E-state index in [2.05, 4.69) is 26.2 Å². The highest BCUT2D eigenvalue weighted by atomic mass is 32.2. The number of urea groups is 1. The number of piperazine rings is 1. The summed E-state index contributed by atoms with van der Waals surface area (Å²) in [7, 11) is 1.68. The Morgan fingerprint density at radius 3 is 2.20 bits per heavy atom. The number of likely N-dealkylation sites (N-methyl/N-ethyl adjacent to an activating group) is 1. The first kappa shape index (κ1) is 45.3. The van der Waals surface area contributed by atoms with Gasteiger partial charge in [0, 0.05) is 49.4 Å². The zero-order chi connectivity index (χ0) is 45.9. The van der Waals surface area contributed by atoms with Crippen molar-refractivity contribution in [3.8, 4) is 0 Å². The predicted octanol–water partition coefficient (Wildman–Crippen LogP) is 2.97. The highest BCUT2D eigenvalue weighted by Crippen LogP contribution is 2.43. The lowest BCUT2D eigenvalue weighted by molar-refractivity contribution is -0.155. The number of benzene rings is 3. The fourth-order valence-corrected chi connectivity index (χ4v) is 9.55. The molecule has 19 nitrogen and oxygen atoms in total. The third kappa shape index (κ3) is 9.59. The number of imide groups is 1. The number of nitrogens with zero attached hydrogens (tertiary/aromatic N) is 7. The van der Waals surface area contributed by atoms with E-state index in [4.69, 9.17) is 15.2 Å². The number of thioether (sulfide) groups is 2. The average Bonchev–Trinajstić information content (AvgIpc) is 3.70. The Kier molecular flexibility index (Phi) is 13.4. The number of aryl methyl sites for hydroxylation is 1. The fourth-order valence-electron chi connectivity index (χ4n) is 7.22. The van der Waals surface area contributed by atoms with E-state index < -0.39 is 70.8 Å². The maximum absolute atomic E-state index is 14.5. The summed E-state index contributed by atoms with van der Waals surface area (Å²) in [6.45, 7) is 6.98. The number of nitrogens with one attached hydrogen (secondary N) is 2. The molecule has 0 radical (unpaired) electrons. The number of hydrogen-bond donors (Lipinski definition) is 3. The number of tetrazole rings is 1. The number of esters is 2. The first-order valence-corrected chi connectivity index (χ1v) is 22.3. The molecular weight excluding hydrogens is 865 g/mol. The summed E-state index contributed by atoms with van der Waals surface area (Å²) in [6, 6.07) is 18.5. The zero-order valence-corrected chi connectivity index (χ0v) is 37.2. The molecule has 7 rings (SSSR count). The van der Waals surface area contributed by atoms with Gasteiger partial charge in [0.25, 0.3) is 5.91 Å². The molecule has 3 aliphatic rings. The van der Waals surface area contributed by atoms with E-state index in [1.807, 2.05) is 60.7 Å². The topological polar surface area (TPSA) is 241 Å². The van der Waals surface area contributed by atoms with Gasteiger partial charge in [-0.3, -0.25) is 29.0 Å². The van der Waals surface area contributed by atoms with E-state index >= 15 is 0 Å². The highest BCUT2D eigenvalue weighted by molar-refractivity contribution is 8.01. The number of nitrogens with two attached hydrogens (primary N) is 1. The Morgan fingerprint density at radius 1 is 0.938 bits per heavy atom. The number of nitrogen functional groups attached to an aromatic ring is 1. The summed E-state index contributed by atoms with van der Waals surface area (Å²) in [5.74, 6) is -4.47. The van der Waals surface area contributed by atoms with Gasteiger partial charge in [-0.05, 0) is 67.0 Å². The third-order valence-corrected chi connectivity index (χ3v) is 12.9. The normalized spacial score (nSPS) is 18.0. The number of ether oxygens (including phenoxy) is 2. The van der Waals surface area contributed by atoms with Crippen molar-refractivity contribution >= 4 is 70.8 Å². The van der Waals surface area contributed by atoms with Gasteiger partial charge >= 0.3 is 29.8 Å². The van der Waals surface area contributed by atoms with Gasteiger partial charge in [-0.25, -0.2) is 19.1 Å². The number of hydrogen-bond acceptors (Lipinski definition) is 15. The number of amides is 6. The van der Waals surface area contributed by atoms with E-state index in [1.54, 1.807) is 34.7 Å². The molecule has 3 atom stereocenters. The summed E-state index contributed by atoms with van der Waals surface area (Å²) in [4.78, 5) is 98.9. The van der Waals surface area contributed by atoms with Crippen LogP contribution in [-0.2, 0) is 40.5 Å². The Labute approximate surface area is 376 Å².